The Morgan fingerprint density at radius 2 is 1.64 bits per heavy atom. The average molecular weight is 154 g/mol. The molecule has 0 amide bonds. The topological polar surface area (TPSA) is 17.1 Å². The second-order valence-electron chi connectivity index (χ2n) is 2.03. The predicted octanol–water partition coefficient (Wildman–Crippen LogP) is 2.34. The summed E-state index contributed by atoms with van der Waals surface area (Å²) in [5, 5.41) is 0. The molecule has 1 nitrogen and oxygen atoms in total. The van der Waals surface area contributed by atoms with Gasteiger partial charge in [-0.3, -0.25) is 0 Å². The molecule has 0 fully saturated rings. The molecular weight excluding hydrogens is 143 g/mol. The van der Waals surface area contributed by atoms with Crippen molar-refractivity contribution in [2.75, 3.05) is 0 Å². The quantitative estimate of drug-likeness (QED) is 0.524. The highest BCUT2D eigenvalue weighted by atomic mass is 19.1. The summed E-state index contributed by atoms with van der Waals surface area (Å²) in [7, 11) is 0. The van der Waals surface area contributed by atoms with E-state index >= 15 is 0 Å². The van der Waals surface area contributed by atoms with Crippen LogP contribution in [0.25, 0.3) is 0 Å². The number of aldehydes is 1. The maximum Gasteiger partial charge on any atom is 0.123 e. The summed E-state index contributed by atoms with van der Waals surface area (Å²) in [5.74, 6) is -0.171. The van der Waals surface area contributed by atoms with E-state index in [0.717, 1.165) is 11.8 Å². The monoisotopic (exact) mass is 154 g/mol. The second kappa shape index (κ2) is 5.59. The number of halogens is 1. The fourth-order valence-corrected chi connectivity index (χ4v) is 0.533. The minimum atomic E-state index is -0.171. The van der Waals surface area contributed by atoms with E-state index in [-0.39, 0.29) is 5.82 Å². The van der Waals surface area contributed by atoms with Gasteiger partial charge in [0.2, 0.25) is 0 Å². The Morgan fingerprint density at radius 3 is 1.91 bits per heavy atom. The largest absolute Gasteiger partial charge is 0.304 e. The molecule has 0 aliphatic heterocycles. The molecule has 11 heavy (non-hydrogen) atoms. The summed E-state index contributed by atoms with van der Waals surface area (Å²) in [6.07, 6.45) is 0.750. The van der Waals surface area contributed by atoms with Gasteiger partial charge in [0.1, 0.15) is 12.1 Å². The van der Waals surface area contributed by atoms with E-state index in [9.17, 15) is 4.39 Å². The van der Waals surface area contributed by atoms with Crippen molar-refractivity contribution in [3.05, 3.63) is 35.6 Å². The van der Waals surface area contributed by atoms with Crippen LogP contribution < -0.4 is 0 Å². The molecule has 0 bridgehead atoms. The Balaban J connectivity index is 0.000000292. The fraction of sp³-hybridized carbons (Fsp3) is 0.222. The lowest BCUT2D eigenvalue weighted by atomic mass is 10.2. The van der Waals surface area contributed by atoms with Gasteiger partial charge in [0.05, 0.1) is 0 Å². The van der Waals surface area contributed by atoms with Crippen LogP contribution in [-0.2, 0) is 4.79 Å². The third-order valence-corrected chi connectivity index (χ3v) is 1.01. The van der Waals surface area contributed by atoms with Crippen molar-refractivity contribution >= 4 is 6.29 Å². The summed E-state index contributed by atoms with van der Waals surface area (Å²) in [4.78, 5) is 8.81. The average Bonchev–Trinajstić information content (AvgIpc) is 1.97. The van der Waals surface area contributed by atoms with Gasteiger partial charge in [-0.1, -0.05) is 17.7 Å². The molecular formula is C9H11FO. The van der Waals surface area contributed by atoms with Crippen LogP contribution in [0.1, 0.15) is 12.5 Å². The lowest BCUT2D eigenvalue weighted by Crippen LogP contribution is -1.71. The van der Waals surface area contributed by atoms with Crippen LogP contribution in [0, 0.1) is 12.7 Å². The molecule has 60 valence electrons. The molecule has 1 rings (SSSR count). The molecule has 1 aromatic rings. The Kier molecular flexibility index (Phi) is 4.99. The molecule has 0 N–H and O–H groups in total. The summed E-state index contributed by atoms with van der Waals surface area (Å²) in [6, 6.07) is 6.40. The van der Waals surface area contributed by atoms with Gasteiger partial charge in [0.25, 0.3) is 0 Å². The summed E-state index contributed by atoms with van der Waals surface area (Å²) in [5.41, 5.74) is 1.09. The van der Waals surface area contributed by atoms with Crippen molar-refractivity contribution in [1.82, 2.24) is 0 Å². The normalized spacial score (nSPS) is 7.91. The summed E-state index contributed by atoms with van der Waals surface area (Å²) < 4.78 is 12.1. The standard InChI is InChI=1S/C7H7F.C2H4O/c1-6-2-4-7(8)5-3-6;1-2-3/h2-5H,1H3;2H,1H3. The number of carbonyl (C=O) groups is 1. The molecule has 2 heteroatoms. The zero-order valence-electron chi connectivity index (χ0n) is 6.67. The first-order chi connectivity index (χ1) is 5.20. The number of hydrogen-bond acceptors (Lipinski definition) is 1. The van der Waals surface area contributed by atoms with Gasteiger partial charge in [0.15, 0.2) is 0 Å². The molecule has 0 spiro atoms. The highest BCUT2D eigenvalue weighted by Gasteiger charge is 1.83. The van der Waals surface area contributed by atoms with Crippen molar-refractivity contribution in [1.29, 1.82) is 0 Å². The lowest BCUT2D eigenvalue weighted by Gasteiger charge is -1.87. The van der Waals surface area contributed by atoms with Gasteiger partial charge in [-0.2, -0.15) is 0 Å². The first-order valence-electron chi connectivity index (χ1n) is 3.32. The van der Waals surface area contributed by atoms with Gasteiger partial charge in [-0.15, -0.1) is 0 Å². The van der Waals surface area contributed by atoms with E-state index in [2.05, 4.69) is 0 Å². The first kappa shape index (κ1) is 9.82. The number of rotatable bonds is 0. The molecule has 0 unspecified atom stereocenters. The highest BCUT2D eigenvalue weighted by Crippen LogP contribution is 1.98. The van der Waals surface area contributed by atoms with Crippen molar-refractivity contribution in [2.24, 2.45) is 0 Å². The number of hydrogen-bond donors (Lipinski definition) is 0. The molecule has 0 saturated heterocycles. The van der Waals surface area contributed by atoms with Gasteiger partial charge < -0.3 is 4.79 Å². The lowest BCUT2D eigenvalue weighted by molar-refractivity contribution is -0.106. The Bertz CT molecular complexity index is 182. The Labute approximate surface area is 65.9 Å². The molecule has 0 radical (unpaired) electrons. The van der Waals surface area contributed by atoms with E-state index in [1.165, 1.54) is 19.1 Å². The second-order valence-corrected chi connectivity index (χ2v) is 2.03. The zero-order chi connectivity index (χ0) is 8.69. The van der Waals surface area contributed by atoms with Crippen LogP contribution in [-0.4, -0.2) is 6.29 Å². The van der Waals surface area contributed by atoms with Gasteiger partial charge in [-0.25, -0.2) is 4.39 Å². The number of benzene rings is 1. The van der Waals surface area contributed by atoms with E-state index in [1.54, 1.807) is 12.1 Å². The van der Waals surface area contributed by atoms with Crippen molar-refractivity contribution in [2.45, 2.75) is 13.8 Å². The molecule has 1 aromatic carbocycles. The predicted molar refractivity (Wildman–Crippen MR) is 42.9 cm³/mol. The first-order valence-corrected chi connectivity index (χ1v) is 3.32. The van der Waals surface area contributed by atoms with Crippen LogP contribution in [0.3, 0.4) is 0 Å². The van der Waals surface area contributed by atoms with Gasteiger partial charge in [-0.05, 0) is 26.0 Å². The Hall–Kier alpha value is -1.18. The van der Waals surface area contributed by atoms with Crippen LogP contribution in [0.15, 0.2) is 24.3 Å². The van der Waals surface area contributed by atoms with Crippen molar-refractivity contribution < 1.29 is 9.18 Å². The third-order valence-electron chi connectivity index (χ3n) is 1.01. The molecule has 0 saturated carbocycles. The smallest absolute Gasteiger partial charge is 0.123 e. The van der Waals surface area contributed by atoms with Crippen LogP contribution in [0.2, 0.25) is 0 Å². The summed E-state index contributed by atoms with van der Waals surface area (Å²) >= 11 is 0. The van der Waals surface area contributed by atoms with Crippen LogP contribution in [0.4, 0.5) is 4.39 Å². The Morgan fingerprint density at radius 1 is 1.27 bits per heavy atom. The van der Waals surface area contributed by atoms with Crippen molar-refractivity contribution in [3.63, 3.8) is 0 Å². The fourth-order valence-electron chi connectivity index (χ4n) is 0.533. The zero-order valence-corrected chi connectivity index (χ0v) is 6.67. The van der Waals surface area contributed by atoms with E-state index in [4.69, 9.17) is 4.79 Å². The van der Waals surface area contributed by atoms with E-state index in [1.807, 2.05) is 6.92 Å². The van der Waals surface area contributed by atoms with E-state index in [0.29, 0.717) is 0 Å². The molecule has 0 aliphatic carbocycles. The number of carbonyl (C=O) groups excluding carboxylic acids is 1. The maximum atomic E-state index is 12.1. The highest BCUT2D eigenvalue weighted by molar-refractivity contribution is 5.44. The third kappa shape index (κ3) is 5.27. The summed E-state index contributed by atoms with van der Waals surface area (Å²) in [6.45, 7) is 3.37. The number of aryl methyl sites for hydroxylation is 1. The minimum absolute atomic E-state index is 0.171. The SMILES string of the molecule is CC=O.Cc1ccc(F)cc1. The van der Waals surface area contributed by atoms with Crippen LogP contribution >= 0.6 is 0 Å². The van der Waals surface area contributed by atoms with Crippen molar-refractivity contribution in [3.8, 4) is 0 Å². The molecule has 0 aliphatic rings. The molecule has 0 aromatic heterocycles. The molecule has 0 heterocycles. The van der Waals surface area contributed by atoms with E-state index < -0.39 is 0 Å². The van der Waals surface area contributed by atoms with Gasteiger partial charge in [0, 0.05) is 0 Å². The van der Waals surface area contributed by atoms with Crippen LogP contribution in [0.5, 0.6) is 0 Å². The minimum Gasteiger partial charge on any atom is -0.304 e. The maximum absolute atomic E-state index is 12.1. The van der Waals surface area contributed by atoms with Gasteiger partial charge >= 0.3 is 0 Å². The molecule has 0 atom stereocenters.